The molecule has 3 rings (SSSR count). The van der Waals surface area contributed by atoms with Crippen molar-refractivity contribution in [3.05, 3.63) is 36.0 Å². The SMILES string of the molecule is CC(C)C(CO)Nc1ncc2c(n1)-c1ccccc1NC(=O)C2. The summed E-state index contributed by atoms with van der Waals surface area (Å²) in [5.41, 5.74) is 3.17. The van der Waals surface area contributed by atoms with Gasteiger partial charge in [-0.2, -0.15) is 0 Å². The van der Waals surface area contributed by atoms with Crippen molar-refractivity contribution >= 4 is 17.5 Å². The van der Waals surface area contributed by atoms with Gasteiger partial charge >= 0.3 is 0 Å². The highest BCUT2D eigenvalue weighted by molar-refractivity contribution is 5.99. The molecule has 2 aromatic rings. The Hall–Kier alpha value is -2.47. The maximum atomic E-state index is 12.0. The largest absolute Gasteiger partial charge is 0.394 e. The highest BCUT2D eigenvalue weighted by Crippen LogP contribution is 2.32. The first kappa shape index (κ1) is 15.4. The summed E-state index contributed by atoms with van der Waals surface area (Å²) in [6, 6.07) is 7.48. The number of amides is 1. The van der Waals surface area contributed by atoms with E-state index in [1.807, 2.05) is 38.1 Å². The molecule has 6 heteroatoms. The maximum absolute atomic E-state index is 12.0. The van der Waals surface area contributed by atoms with Crippen molar-refractivity contribution < 1.29 is 9.90 Å². The number of anilines is 2. The fourth-order valence-electron chi connectivity index (χ4n) is 2.59. The Morgan fingerprint density at radius 1 is 1.35 bits per heavy atom. The molecule has 6 nitrogen and oxygen atoms in total. The van der Waals surface area contributed by atoms with Gasteiger partial charge in [0, 0.05) is 17.3 Å². The smallest absolute Gasteiger partial charge is 0.228 e. The average Bonchev–Trinajstić information content (AvgIpc) is 2.67. The number of carbonyl (C=O) groups excluding carboxylic acids is 1. The molecule has 120 valence electrons. The molecule has 1 atom stereocenters. The maximum Gasteiger partial charge on any atom is 0.228 e. The van der Waals surface area contributed by atoms with Gasteiger partial charge < -0.3 is 15.7 Å². The lowest BCUT2D eigenvalue weighted by Gasteiger charge is -2.20. The van der Waals surface area contributed by atoms with E-state index in [2.05, 4.69) is 20.6 Å². The van der Waals surface area contributed by atoms with Crippen LogP contribution in [0.4, 0.5) is 11.6 Å². The van der Waals surface area contributed by atoms with Crippen LogP contribution in [0.2, 0.25) is 0 Å². The lowest BCUT2D eigenvalue weighted by atomic mass is 10.0. The van der Waals surface area contributed by atoms with E-state index in [4.69, 9.17) is 0 Å². The zero-order valence-electron chi connectivity index (χ0n) is 13.2. The highest BCUT2D eigenvalue weighted by atomic mass is 16.3. The van der Waals surface area contributed by atoms with Crippen LogP contribution >= 0.6 is 0 Å². The summed E-state index contributed by atoms with van der Waals surface area (Å²) in [7, 11) is 0. The van der Waals surface area contributed by atoms with Gasteiger partial charge in [-0.05, 0) is 12.0 Å². The number of fused-ring (bicyclic) bond motifs is 3. The van der Waals surface area contributed by atoms with Crippen LogP contribution in [-0.2, 0) is 11.2 Å². The predicted octanol–water partition coefficient (Wildman–Crippen LogP) is 2.07. The molecule has 1 aliphatic rings. The van der Waals surface area contributed by atoms with E-state index in [0.717, 1.165) is 22.5 Å². The number of nitrogens with one attached hydrogen (secondary N) is 2. The standard InChI is InChI=1S/C17H20N4O2/c1-10(2)14(9-22)20-17-18-8-11-7-15(23)19-13-6-4-3-5-12(13)16(11)21-17/h3-6,8,10,14,22H,7,9H2,1-2H3,(H,19,23)(H,18,20,21). The van der Waals surface area contributed by atoms with Gasteiger partial charge in [-0.3, -0.25) is 4.79 Å². The van der Waals surface area contributed by atoms with Crippen LogP contribution in [0.1, 0.15) is 19.4 Å². The van der Waals surface area contributed by atoms with E-state index in [1.54, 1.807) is 6.20 Å². The Kier molecular flexibility index (Phi) is 4.25. The van der Waals surface area contributed by atoms with E-state index in [9.17, 15) is 9.90 Å². The van der Waals surface area contributed by atoms with E-state index in [1.165, 1.54) is 0 Å². The normalized spacial score (nSPS) is 14.5. The van der Waals surface area contributed by atoms with Crippen LogP contribution in [0, 0.1) is 5.92 Å². The molecule has 23 heavy (non-hydrogen) atoms. The molecule has 0 aliphatic carbocycles. The topological polar surface area (TPSA) is 87.1 Å². The molecule has 1 unspecified atom stereocenters. The third kappa shape index (κ3) is 3.17. The molecule has 0 spiro atoms. The fraction of sp³-hybridized carbons (Fsp3) is 0.353. The Labute approximate surface area is 135 Å². The zero-order valence-corrected chi connectivity index (χ0v) is 13.2. The van der Waals surface area contributed by atoms with Gasteiger partial charge in [-0.15, -0.1) is 0 Å². The molecule has 1 aromatic carbocycles. The van der Waals surface area contributed by atoms with E-state index < -0.39 is 0 Å². The molecule has 3 N–H and O–H groups in total. The molecule has 0 bridgehead atoms. The van der Waals surface area contributed by atoms with Crippen LogP contribution in [0.5, 0.6) is 0 Å². The van der Waals surface area contributed by atoms with Crippen molar-refractivity contribution in [2.75, 3.05) is 17.2 Å². The number of nitrogens with zero attached hydrogens (tertiary/aromatic N) is 2. The minimum atomic E-state index is -0.117. The molecule has 1 aromatic heterocycles. The van der Waals surface area contributed by atoms with Crippen molar-refractivity contribution in [3.63, 3.8) is 0 Å². The van der Waals surface area contributed by atoms with Crippen molar-refractivity contribution in [3.8, 4) is 11.3 Å². The van der Waals surface area contributed by atoms with Gasteiger partial charge in [0.1, 0.15) is 0 Å². The Balaban J connectivity index is 2.02. The highest BCUT2D eigenvalue weighted by Gasteiger charge is 2.21. The molecule has 1 aliphatic heterocycles. The first-order valence-electron chi connectivity index (χ1n) is 7.71. The number of rotatable bonds is 4. The lowest BCUT2D eigenvalue weighted by Crippen LogP contribution is -2.30. The van der Waals surface area contributed by atoms with Crippen LogP contribution in [-0.4, -0.2) is 33.6 Å². The van der Waals surface area contributed by atoms with E-state index in [-0.39, 0.29) is 30.9 Å². The second-order valence-corrected chi connectivity index (χ2v) is 6.02. The summed E-state index contributed by atoms with van der Waals surface area (Å²) in [5, 5.41) is 15.5. The summed E-state index contributed by atoms with van der Waals surface area (Å²) in [4.78, 5) is 20.9. The summed E-state index contributed by atoms with van der Waals surface area (Å²) < 4.78 is 0. The number of benzene rings is 1. The molecule has 2 heterocycles. The summed E-state index contributed by atoms with van der Waals surface area (Å²) in [5.74, 6) is 0.634. The molecular formula is C17H20N4O2. The zero-order chi connectivity index (χ0) is 16.4. The third-order valence-electron chi connectivity index (χ3n) is 3.99. The van der Waals surface area contributed by atoms with Crippen LogP contribution < -0.4 is 10.6 Å². The molecule has 1 amide bonds. The van der Waals surface area contributed by atoms with Crippen LogP contribution in [0.15, 0.2) is 30.5 Å². The van der Waals surface area contributed by atoms with Crippen molar-refractivity contribution in [1.29, 1.82) is 0 Å². The third-order valence-corrected chi connectivity index (χ3v) is 3.99. The van der Waals surface area contributed by atoms with Crippen LogP contribution in [0.25, 0.3) is 11.3 Å². The Morgan fingerprint density at radius 3 is 2.87 bits per heavy atom. The first-order valence-corrected chi connectivity index (χ1v) is 7.71. The quantitative estimate of drug-likeness (QED) is 0.804. The van der Waals surface area contributed by atoms with Gasteiger partial charge in [0.05, 0.1) is 30.5 Å². The average molecular weight is 312 g/mol. The van der Waals surface area contributed by atoms with Crippen molar-refractivity contribution in [2.45, 2.75) is 26.3 Å². The van der Waals surface area contributed by atoms with Gasteiger partial charge in [-0.25, -0.2) is 9.97 Å². The summed E-state index contributed by atoms with van der Waals surface area (Å²) >= 11 is 0. The number of aliphatic hydroxyl groups is 1. The lowest BCUT2D eigenvalue weighted by molar-refractivity contribution is -0.115. The van der Waals surface area contributed by atoms with Crippen LogP contribution in [0.3, 0.4) is 0 Å². The summed E-state index contributed by atoms with van der Waals surface area (Å²) in [6.07, 6.45) is 1.93. The van der Waals surface area contributed by atoms with Crippen molar-refractivity contribution in [1.82, 2.24) is 9.97 Å². The second-order valence-electron chi connectivity index (χ2n) is 6.02. The van der Waals surface area contributed by atoms with Gasteiger partial charge in [0.2, 0.25) is 11.9 Å². The van der Waals surface area contributed by atoms with Gasteiger partial charge in [0.25, 0.3) is 0 Å². The van der Waals surface area contributed by atoms with E-state index in [0.29, 0.717) is 5.95 Å². The number of hydrogen-bond acceptors (Lipinski definition) is 5. The summed E-state index contributed by atoms with van der Waals surface area (Å²) in [6.45, 7) is 4.05. The number of aromatic nitrogens is 2. The number of hydrogen-bond donors (Lipinski definition) is 3. The van der Waals surface area contributed by atoms with Gasteiger partial charge in [-0.1, -0.05) is 32.0 Å². The van der Waals surface area contributed by atoms with E-state index >= 15 is 0 Å². The first-order chi connectivity index (χ1) is 11.1. The Morgan fingerprint density at radius 2 is 2.13 bits per heavy atom. The second kappa shape index (κ2) is 6.34. The monoisotopic (exact) mass is 312 g/mol. The molecule has 0 saturated carbocycles. The fourth-order valence-corrected chi connectivity index (χ4v) is 2.59. The minimum absolute atomic E-state index is 0.00867. The number of aliphatic hydroxyl groups excluding tert-OH is 1. The Bertz CT molecular complexity index is 730. The molecule has 0 saturated heterocycles. The minimum Gasteiger partial charge on any atom is -0.394 e. The number of carbonyl (C=O) groups is 1. The van der Waals surface area contributed by atoms with Gasteiger partial charge in [0.15, 0.2) is 0 Å². The molecular weight excluding hydrogens is 292 g/mol. The van der Waals surface area contributed by atoms with Crippen molar-refractivity contribution in [2.24, 2.45) is 5.92 Å². The molecule has 0 fully saturated rings. The predicted molar refractivity (Wildman–Crippen MR) is 89.1 cm³/mol. The number of para-hydroxylation sites is 1. The molecule has 0 radical (unpaired) electrons.